The lowest BCUT2D eigenvalue weighted by Crippen LogP contribution is -2.48. The van der Waals surface area contributed by atoms with E-state index in [4.69, 9.17) is 27.9 Å². The Bertz CT molecular complexity index is 996. The molecule has 0 spiro atoms. The molecule has 2 aliphatic heterocycles. The van der Waals surface area contributed by atoms with E-state index in [0.717, 1.165) is 37.9 Å². The Balaban J connectivity index is 1.71. The number of methoxy groups -OCH3 is 1. The summed E-state index contributed by atoms with van der Waals surface area (Å²) < 4.78 is 19.7. The van der Waals surface area contributed by atoms with Gasteiger partial charge in [-0.15, -0.1) is 0 Å². The van der Waals surface area contributed by atoms with Gasteiger partial charge in [0, 0.05) is 18.1 Å². The van der Waals surface area contributed by atoms with Crippen molar-refractivity contribution in [1.29, 1.82) is 0 Å². The smallest absolute Gasteiger partial charge is 0.282 e. The Morgan fingerprint density at radius 3 is 2.50 bits per heavy atom. The zero-order valence-corrected chi connectivity index (χ0v) is 19.2. The zero-order valence-electron chi connectivity index (χ0n) is 17.7. The number of hydrogen-bond donors (Lipinski definition) is 1. The van der Waals surface area contributed by atoms with Crippen molar-refractivity contribution in [2.75, 3.05) is 31.9 Å². The summed E-state index contributed by atoms with van der Waals surface area (Å²) in [7, 11) is 1.58. The van der Waals surface area contributed by atoms with Gasteiger partial charge in [0.2, 0.25) is 0 Å². The lowest BCUT2D eigenvalue weighted by molar-refractivity contribution is -0.120. The van der Waals surface area contributed by atoms with E-state index in [1.165, 1.54) is 0 Å². The van der Waals surface area contributed by atoms with E-state index in [1.54, 1.807) is 42.5 Å². The Hall–Kier alpha value is -2.35. The van der Waals surface area contributed by atoms with Gasteiger partial charge in [-0.1, -0.05) is 41.8 Å². The number of anilines is 1. The number of hydrogen-bond acceptors (Lipinski definition) is 5. The number of nitrogens with zero attached hydrogens (tertiary/aromatic N) is 3. The number of rotatable bonds is 6. The van der Waals surface area contributed by atoms with Gasteiger partial charge in [-0.25, -0.2) is 5.01 Å². The van der Waals surface area contributed by atoms with Gasteiger partial charge in [0.25, 0.3) is 5.91 Å². The second-order valence-electron chi connectivity index (χ2n) is 7.89. The van der Waals surface area contributed by atoms with Crippen molar-refractivity contribution >= 4 is 40.5 Å². The van der Waals surface area contributed by atoms with Gasteiger partial charge in [0.05, 0.1) is 29.8 Å². The molecule has 2 aromatic rings. The molecule has 1 fully saturated rings. The van der Waals surface area contributed by atoms with Crippen LogP contribution in [0, 0.1) is 5.92 Å². The third-order valence-electron chi connectivity index (χ3n) is 5.84. The summed E-state index contributed by atoms with van der Waals surface area (Å²) in [5, 5.41) is 8.93. The number of halogens is 3. The van der Waals surface area contributed by atoms with Crippen LogP contribution >= 0.6 is 23.2 Å². The Morgan fingerprint density at radius 1 is 1.16 bits per heavy atom. The molecule has 32 heavy (non-hydrogen) atoms. The molecule has 0 saturated carbocycles. The van der Waals surface area contributed by atoms with Crippen molar-refractivity contribution in [2.24, 2.45) is 11.0 Å². The van der Waals surface area contributed by atoms with Crippen molar-refractivity contribution in [3.05, 3.63) is 58.1 Å². The molecule has 6 nitrogen and oxygen atoms in total. The minimum atomic E-state index is -0.764. The van der Waals surface area contributed by atoms with Crippen LogP contribution < -0.4 is 15.2 Å². The van der Waals surface area contributed by atoms with Crippen LogP contribution in [0.2, 0.25) is 10.0 Å². The quantitative estimate of drug-likeness (QED) is 0.632. The maximum atomic E-state index is 14.4. The van der Waals surface area contributed by atoms with Crippen LogP contribution in [-0.2, 0) is 4.79 Å². The van der Waals surface area contributed by atoms with Crippen LogP contribution in [0.5, 0.6) is 5.75 Å². The third-order valence-corrected chi connectivity index (χ3v) is 6.38. The molecule has 0 radical (unpaired) electrons. The number of benzene rings is 2. The highest BCUT2D eigenvalue weighted by molar-refractivity contribution is 6.41. The van der Waals surface area contributed by atoms with Gasteiger partial charge in [0.1, 0.15) is 18.1 Å². The van der Waals surface area contributed by atoms with Gasteiger partial charge in [0.15, 0.2) is 0 Å². The summed E-state index contributed by atoms with van der Waals surface area (Å²) in [6.07, 6.45) is 3.17. The number of ether oxygens (including phenoxy) is 1. The van der Waals surface area contributed by atoms with Crippen LogP contribution in [0.1, 0.15) is 30.9 Å². The maximum absolute atomic E-state index is 14.4. The lowest BCUT2D eigenvalue weighted by atomic mass is 9.90. The summed E-state index contributed by atoms with van der Waals surface area (Å²) >= 11 is 12.5. The monoisotopic (exact) mass is 478 g/mol. The van der Waals surface area contributed by atoms with Gasteiger partial charge < -0.3 is 4.74 Å². The fourth-order valence-electron chi connectivity index (χ4n) is 4.20. The summed E-state index contributed by atoms with van der Waals surface area (Å²) in [6, 6.07) is 11.8. The first kappa shape index (κ1) is 22.8. The molecule has 1 amide bonds. The molecule has 1 saturated heterocycles. The molecule has 0 aliphatic carbocycles. The molecule has 4 rings (SSSR count). The highest BCUT2D eigenvalue weighted by atomic mass is 35.5. The third kappa shape index (κ3) is 4.70. The molecule has 1 N–H and O–H groups in total. The SMILES string of the molecule is COc1ccc(C2C(CF)C(C(=O)NN3CCCCC3)=NN2c2ccc(Cl)cc2Cl)cc1. The van der Waals surface area contributed by atoms with Crippen molar-refractivity contribution in [3.8, 4) is 5.75 Å². The van der Waals surface area contributed by atoms with E-state index < -0.39 is 18.6 Å². The average Bonchev–Trinajstić information content (AvgIpc) is 3.19. The summed E-state index contributed by atoms with van der Waals surface area (Å²) in [5.41, 5.74) is 4.40. The molecule has 0 aromatic heterocycles. The van der Waals surface area contributed by atoms with E-state index in [0.29, 0.717) is 21.5 Å². The highest BCUT2D eigenvalue weighted by Crippen LogP contribution is 2.43. The zero-order chi connectivity index (χ0) is 22.7. The average molecular weight is 479 g/mol. The van der Waals surface area contributed by atoms with Crippen LogP contribution in [-0.4, -0.2) is 43.5 Å². The largest absolute Gasteiger partial charge is 0.497 e. The first-order valence-corrected chi connectivity index (χ1v) is 11.4. The number of piperidine rings is 1. The number of nitrogens with one attached hydrogen (secondary N) is 1. The highest BCUT2D eigenvalue weighted by Gasteiger charge is 2.43. The Morgan fingerprint density at radius 2 is 1.88 bits per heavy atom. The second kappa shape index (κ2) is 10.1. The first-order chi connectivity index (χ1) is 15.5. The molecule has 170 valence electrons. The number of carbonyl (C=O) groups excluding carboxylic acids is 1. The summed E-state index contributed by atoms with van der Waals surface area (Å²) in [4.78, 5) is 13.1. The van der Waals surface area contributed by atoms with Gasteiger partial charge in [-0.2, -0.15) is 5.10 Å². The number of hydrazone groups is 1. The predicted molar refractivity (Wildman–Crippen MR) is 125 cm³/mol. The summed E-state index contributed by atoms with van der Waals surface area (Å²) in [6.45, 7) is 0.798. The molecule has 2 atom stereocenters. The summed E-state index contributed by atoms with van der Waals surface area (Å²) in [5.74, 6) is -0.468. The standard InChI is InChI=1S/C23H25Cl2FN4O2/c1-32-17-8-5-15(6-9-17)22-18(14-26)21(23(31)28-29-11-3-2-4-12-29)27-30(22)20-10-7-16(24)13-19(20)25/h5-10,13,18,22H,2-4,11-12,14H2,1H3,(H,28,31). The number of carbonyl (C=O) groups is 1. The molecular formula is C23H25Cl2FN4O2. The Labute approximate surface area is 196 Å². The van der Waals surface area contributed by atoms with E-state index in [2.05, 4.69) is 10.5 Å². The minimum Gasteiger partial charge on any atom is -0.497 e. The fourth-order valence-corrected chi connectivity index (χ4v) is 4.69. The van der Waals surface area contributed by atoms with Crippen LogP contribution in [0.4, 0.5) is 10.1 Å². The van der Waals surface area contributed by atoms with Crippen LogP contribution in [0.25, 0.3) is 0 Å². The van der Waals surface area contributed by atoms with Crippen molar-refractivity contribution < 1.29 is 13.9 Å². The molecular weight excluding hydrogens is 454 g/mol. The van der Waals surface area contributed by atoms with Gasteiger partial charge in [-0.05, 0) is 48.7 Å². The molecule has 0 bridgehead atoms. The minimum absolute atomic E-state index is 0.143. The van der Waals surface area contributed by atoms with E-state index >= 15 is 0 Å². The molecule has 2 heterocycles. The molecule has 2 unspecified atom stereocenters. The van der Waals surface area contributed by atoms with Crippen LogP contribution in [0.3, 0.4) is 0 Å². The Kier molecular flexibility index (Phi) is 7.18. The maximum Gasteiger partial charge on any atom is 0.282 e. The predicted octanol–water partition coefficient (Wildman–Crippen LogP) is 5.02. The van der Waals surface area contributed by atoms with E-state index in [-0.39, 0.29) is 11.6 Å². The van der Waals surface area contributed by atoms with E-state index in [1.807, 2.05) is 17.1 Å². The van der Waals surface area contributed by atoms with Gasteiger partial charge >= 0.3 is 0 Å². The second-order valence-corrected chi connectivity index (χ2v) is 8.74. The van der Waals surface area contributed by atoms with Gasteiger partial charge in [-0.3, -0.25) is 19.6 Å². The van der Waals surface area contributed by atoms with Crippen molar-refractivity contribution in [1.82, 2.24) is 10.4 Å². The van der Waals surface area contributed by atoms with Crippen molar-refractivity contribution in [3.63, 3.8) is 0 Å². The van der Waals surface area contributed by atoms with Crippen molar-refractivity contribution in [2.45, 2.75) is 25.3 Å². The fraction of sp³-hybridized carbons (Fsp3) is 0.391. The van der Waals surface area contributed by atoms with E-state index in [9.17, 15) is 9.18 Å². The topological polar surface area (TPSA) is 57.2 Å². The first-order valence-electron chi connectivity index (χ1n) is 10.6. The number of alkyl halides is 1. The van der Waals surface area contributed by atoms with Crippen LogP contribution in [0.15, 0.2) is 47.6 Å². The number of amides is 1. The number of hydrazine groups is 1. The molecule has 2 aromatic carbocycles. The molecule has 2 aliphatic rings. The lowest BCUT2D eigenvalue weighted by Gasteiger charge is -2.29. The molecule has 9 heteroatoms. The normalized spacial score (nSPS) is 21.4.